The van der Waals surface area contributed by atoms with E-state index in [2.05, 4.69) is 11.8 Å². The molecule has 1 aromatic rings. The Labute approximate surface area is 228 Å². The van der Waals surface area contributed by atoms with Crippen LogP contribution in [0.5, 0.6) is 5.75 Å². The number of nitrogens with zero attached hydrogens (tertiary/aromatic N) is 3. The van der Waals surface area contributed by atoms with Crippen molar-refractivity contribution < 1.29 is 27.4 Å². The van der Waals surface area contributed by atoms with Crippen molar-refractivity contribution in [2.45, 2.75) is 69.9 Å². The Balaban J connectivity index is 1.30. The summed E-state index contributed by atoms with van der Waals surface area (Å²) in [7, 11) is -2.21. The van der Waals surface area contributed by atoms with Crippen molar-refractivity contribution in [2.75, 3.05) is 66.3 Å². The maximum absolute atomic E-state index is 13.7. The van der Waals surface area contributed by atoms with Crippen LogP contribution in [-0.4, -0.2) is 107 Å². The quantitative estimate of drug-likeness (QED) is 0.395. The Kier molecular flexibility index (Phi) is 10.1. The fourth-order valence-corrected chi connectivity index (χ4v) is 7.83. The number of benzene rings is 1. The molecule has 38 heavy (non-hydrogen) atoms. The van der Waals surface area contributed by atoms with E-state index in [9.17, 15) is 13.2 Å². The van der Waals surface area contributed by atoms with E-state index in [0.29, 0.717) is 34.4 Å². The molecule has 1 aromatic carbocycles. The molecule has 9 nitrogen and oxygen atoms in total. The van der Waals surface area contributed by atoms with Crippen molar-refractivity contribution in [3.05, 3.63) is 23.3 Å². The summed E-state index contributed by atoms with van der Waals surface area (Å²) in [6.07, 6.45) is 5.88. The SMILES string of the molecule is CCCN(CC1CC1)C1CCN(C(=O)COC[C@@H]2COCCN2S(=O)(=O)c2c(C)cc(OC)cc2C)CC1. The van der Waals surface area contributed by atoms with Crippen LogP contribution < -0.4 is 4.74 Å². The third kappa shape index (κ3) is 7.07. The maximum Gasteiger partial charge on any atom is 0.248 e. The fourth-order valence-electron chi connectivity index (χ4n) is 5.84. The van der Waals surface area contributed by atoms with Gasteiger partial charge in [0, 0.05) is 32.2 Å². The van der Waals surface area contributed by atoms with Gasteiger partial charge in [0.15, 0.2) is 0 Å². The van der Waals surface area contributed by atoms with E-state index in [0.717, 1.165) is 44.8 Å². The number of amides is 1. The van der Waals surface area contributed by atoms with E-state index in [4.69, 9.17) is 14.2 Å². The monoisotopic (exact) mass is 551 g/mol. The normalized spacial score (nSPS) is 21.7. The molecule has 4 rings (SSSR count). The first-order valence-corrected chi connectivity index (χ1v) is 15.5. The lowest BCUT2D eigenvalue weighted by Crippen LogP contribution is -2.51. The number of morpholine rings is 1. The lowest BCUT2D eigenvalue weighted by atomic mass is 10.0. The van der Waals surface area contributed by atoms with Crippen molar-refractivity contribution in [3.63, 3.8) is 0 Å². The highest BCUT2D eigenvalue weighted by Crippen LogP contribution is 2.32. The molecule has 0 bridgehead atoms. The average Bonchev–Trinajstić information content (AvgIpc) is 3.72. The summed E-state index contributed by atoms with van der Waals surface area (Å²) in [6.45, 7) is 10.5. The van der Waals surface area contributed by atoms with Gasteiger partial charge in [-0.1, -0.05) is 6.92 Å². The number of hydrogen-bond donors (Lipinski definition) is 0. The number of methoxy groups -OCH3 is 1. The molecule has 0 spiro atoms. The summed E-state index contributed by atoms with van der Waals surface area (Å²) in [6, 6.07) is 3.55. The van der Waals surface area contributed by atoms with Crippen molar-refractivity contribution in [1.82, 2.24) is 14.1 Å². The summed E-state index contributed by atoms with van der Waals surface area (Å²) in [4.78, 5) is 17.7. The van der Waals surface area contributed by atoms with Gasteiger partial charge in [-0.3, -0.25) is 9.69 Å². The van der Waals surface area contributed by atoms with E-state index in [1.54, 1.807) is 33.1 Å². The van der Waals surface area contributed by atoms with Gasteiger partial charge in [0.05, 0.1) is 37.9 Å². The first-order valence-electron chi connectivity index (χ1n) is 14.1. The Bertz CT molecular complexity index is 1030. The third-order valence-corrected chi connectivity index (χ3v) is 10.2. The first kappa shape index (κ1) is 29.3. The predicted octanol–water partition coefficient (Wildman–Crippen LogP) is 2.83. The number of carbonyl (C=O) groups is 1. The Morgan fingerprint density at radius 3 is 2.39 bits per heavy atom. The van der Waals surface area contributed by atoms with Crippen LogP contribution in [0.1, 0.15) is 50.2 Å². The molecule has 2 saturated heterocycles. The van der Waals surface area contributed by atoms with Crippen molar-refractivity contribution in [1.29, 1.82) is 0 Å². The second kappa shape index (κ2) is 13.1. The number of aryl methyl sites for hydroxylation is 2. The lowest BCUT2D eigenvalue weighted by Gasteiger charge is -2.39. The molecule has 0 radical (unpaired) electrons. The predicted molar refractivity (Wildman–Crippen MR) is 146 cm³/mol. The van der Waals surface area contributed by atoms with Gasteiger partial charge in [-0.05, 0) is 81.7 Å². The van der Waals surface area contributed by atoms with E-state index in [1.165, 1.54) is 23.7 Å². The van der Waals surface area contributed by atoms with E-state index < -0.39 is 16.1 Å². The van der Waals surface area contributed by atoms with Crippen LogP contribution in [0.3, 0.4) is 0 Å². The van der Waals surface area contributed by atoms with E-state index >= 15 is 0 Å². The number of piperidine rings is 1. The van der Waals surface area contributed by atoms with Crippen LogP contribution in [0.25, 0.3) is 0 Å². The number of sulfonamides is 1. The van der Waals surface area contributed by atoms with E-state index in [1.807, 2.05) is 4.90 Å². The molecule has 3 fully saturated rings. The van der Waals surface area contributed by atoms with Gasteiger partial charge in [0.1, 0.15) is 12.4 Å². The zero-order valence-electron chi connectivity index (χ0n) is 23.5. The summed E-state index contributed by atoms with van der Waals surface area (Å²) in [5.41, 5.74) is 1.28. The number of likely N-dealkylation sites (tertiary alicyclic amines) is 1. The van der Waals surface area contributed by atoms with Gasteiger partial charge in [-0.25, -0.2) is 8.42 Å². The minimum absolute atomic E-state index is 0.0272. The largest absolute Gasteiger partial charge is 0.497 e. The Morgan fingerprint density at radius 2 is 1.79 bits per heavy atom. The molecule has 3 aliphatic rings. The molecule has 1 atom stereocenters. The molecule has 1 saturated carbocycles. The molecule has 10 heteroatoms. The average molecular weight is 552 g/mol. The van der Waals surface area contributed by atoms with Crippen LogP contribution >= 0.6 is 0 Å². The van der Waals surface area contributed by atoms with Crippen LogP contribution in [0.4, 0.5) is 0 Å². The van der Waals surface area contributed by atoms with Crippen molar-refractivity contribution in [3.8, 4) is 5.75 Å². The Hall–Kier alpha value is -1.72. The zero-order valence-corrected chi connectivity index (χ0v) is 24.3. The highest BCUT2D eigenvalue weighted by molar-refractivity contribution is 7.89. The molecule has 214 valence electrons. The second-order valence-corrected chi connectivity index (χ2v) is 12.8. The van der Waals surface area contributed by atoms with Gasteiger partial charge in [-0.15, -0.1) is 0 Å². The molecule has 0 unspecified atom stereocenters. The summed E-state index contributed by atoms with van der Waals surface area (Å²) in [5.74, 6) is 1.48. The molecule has 2 aliphatic heterocycles. The molecule has 1 amide bonds. The number of rotatable bonds is 12. The minimum Gasteiger partial charge on any atom is -0.497 e. The van der Waals surface area contributed by atoms with Crippen LogP contribution in [-0.2, 0) is 24.3 Å². The third-order valence-electron chi connectivity index (χ3n) is 7.98. The van der Waals surface area contributed by atoms with Gasteiger partial charge >= 0.3 is 0 Å². The zero-order chi connectivity index (χ0) is 27.3. The number of carbonyl (C=O) groups excluding carboxylic acids is 1. The molecular formula is C28H45N3O6S. The molecule has 1 aliphatic carbocycles. The summed E-state index contributed by atoms with van der Waals surface area (Å²) < 4.78 is 45.5. The molecular weight excluding hydrogens is 506 g/mol. The fraction of sp³-hybridized carbons (Fsp3) is 0.750. The number of ether oxygens (including phenoxy) is 3. The molecule has 0 N–H and O–H groups in total. The van der Waals surface area contributed by atoms with Crippen LogP contribution in [0.15, 0.2) is 17.0 Å². The second-order valence-electron chi connectivity index (χ2n) is 11.0. The van der Waals surface area contributed by atoms with Crippen molar-refractivity contribution in [2.24, 2.45) is 5.92 Å². The topological polar surface area (TPSA) is 88.6 Å². The van der Waals surface area contributed by atoms with Gasteiger partial charge in [0.25, 0.3) is 0 Å². The maximum atomic E-state index is 13.7. The van der Waals surface area contributed by atoms with E-state index in [-0.39, 0.29) is 32.3 Å². The standard InChI is InChI=1S/C28H45N3O6S/c1-5-10-30(17-23-6-7-23)24-8-11-29(12-9-24)27(32)20-37-19-25-18-36-14-13-31(25)38(33,34)28-21(2)15-26(35-4)16-22(28)3/h15-16,23-25H,5-14,17-20H2,1-4H3/t25-/m0/s1. The van der Waals surface area contributed by atoms with Crippen LogP contribution in [0, 0.1) is 19.8 Å². The van der Waals surface area contributed by atoms with Gasteiger partial charge < -0.3 is 19.1 Å². The smallest absolute Gasteiger partial charge is 0.248 e. The summed E-state index contributed by atoms with van der Waals surface area (Å²) in [5, 5.41) is 0. The van der Waals surface area contributed by atoms with Crippen molar-refractivity contribution >= 4 is 15.9 Å². The lowest BCUT2D eigenvalue weighted by molar-refractivity contribution is -0.138. The van der Waals surface area contributed by atoms with Gasteiger partial charge in [-0.2, -0.15) is 4.31 Å². The molecule has 2 heterocycles. The summed E-state index contributed by atoms with van der Waals surface area (Å²) >= 11 is 0. The number of hydrogen-bond acceptors (Lipinski definition) is 7. The first-order chi connectivity index (χ1) is 18.2. The minimum atomic E-state index is -3.77. The van der Waals surface area contributed by atoms with Crippen LogP contribution in [0.2, 0.25) is 0 Å². The highest BCUT2D eigenvalue weighted by atomic mass is 32.2. The molecule has 0 aromatic heterocycles. The highest BCUT2D eigenvalue weighted by Gasteiger charge is 2.37. The van der Waals surface area contributed by atoms with Gasteiger partial charge in [0.2, 0.25) is 15.9 Å². The Morgan fingerprint density at radius 1 is 1.11 bits per heavy atom.